The highest BCUT2D eigenvalue weighted by molar-refractivity contribution is 5.90. The smallest absolute Gasteiger partial charge is 0.309 e. The molecule has 0 radical (unpaired) electrons. The van der Waals surface area contributed by atoms with Crippen LogP contribution in [0.25, 0.3) is 0 Å². The molecule has 20 heavy (non-hydrogen) atoms. The molecule has 9 heteroatoms. The molecule has 2 aromatic rings. The summed E-state index contributed by atoms with van der Waals surface area (Å²) in [7, 11) is 1.75. The van der Waals surface area contributed by atoms with E-state index < -0.39 is 4.92 Å². The van der Waals surface area contributed by atoms with E-state index in [0.717, 1.165) is 0 Å². The van der Waals surface area contributed by atoms with Crippen molar-refractivity contribution in [1.82, 2.24) is 19.6 Å². The number of hydrogen-bond acceptors (Lipinski definition) is 5. The Labute approximate surface area is 114 Å². The number of carbonyl (C=O) groups is 1. The molecule has 0 spiro atoms. The van der Waals surface area contributed by atoms with Crippen LogP contribution in [-0.4, -0.2) is 30.4 Å². The van der Waals surface area contributed by atoms with Crippen molar-refractivity contribution < 1.29 is 9.72 Å². The van der Waals surface area contributed by atoms with Crippen LogP contribution in [0.5, 0.6) is 0 Å². The molecule has 0 aliphatic rings. The zero-order valence-electron chi connectivity index (χ0n) is 11.3. The van der Waals surface area contributed by atoms with E-state index in [1.54, 1.807) is 24.9 Å². The zero-order valence-corrected chi connectivity index (χ0v) is 11.3. The van der Waals surface area contributed by atoms with Gasteiger partial charge in [0.05, 0.1) is 16.3 Å². The SMILES string of the molecule is Cc1nn(C)cc1NC(=O)Cn1cc([N+](=O)[O-])c(C)n1. The molecule has 0 saturated heterocycles. The summed E-state index contributed by atoms with van der Waals surface area (Å²) in [5.41, 5.74) is 1.48. The highest BCUT2D eigenvalue weighted by Crippen LogP contribution is 2.15. The quantitative estimate of drug-likeness (QED) is 0.656. The van der Waals surface area contributed by atoms with Crippen LogP contribution in [0.4, 0.5) is 11.4 Å². The van der Waals surface area contributed by atoms with Crippen LogP contribution < -0.4 is 5.32 Å². The molecule has 2 rings (SSSR count). The van der Waals surface area contributed by atoms with Gasteiger partial charge in [-0.3, -0.25) is 24.3 Å². The number of nitro groups is 1. The average Bonchev–Trinajstić information content (AvgIpc) is 2.82. The Kier molecular flexibility index (Phi) is 3.51. The third-order valence-corrected chi connectivity index (χ3v) is 2.71. The first-order valence-electron chi connectivity index (χ1n) is 5.85. The first kappa shape index (κ1) is 13.7. The van der Waals surface area contributed by atoms with Crippen molar-refractivity contribution in [2.45, 2.75) is 20.4 Å². The molecule has 2 heterocycles. The minimum absolute atomic E-state index is 0.0942. The minimum Gasteiger partial charge on any atom is -0.322 e. The fourth-order valence-electron chi connectivity index (χ4n) is 1.83. The van der Waals surface area contributed by atoms with Crippen molar-refractivity contribution >= 4 is 17.3 Å². The lowest BCUT2D eigenvalue weighted by Gasteiger charge is -2.03. The standard InChI is InChI=1S/C11H14N6O3/c1-7-9(4-15(3)13-7)12-11(18)6-16-5-10(17(19)20)8(2)14-16/h4-5H,6H2,1-3H3,(H,12,18). The molecule has 0 bridgehead atoms. The van der Waals surface area contributed by atoms with E-state index in [-0.39, 0.29) is 23.8 Å². The fourth-order valence-corrected chi connectivity index (χ4v) is 1.83. The Hall–Kier alpha value is -2.71. The molecule has 0 aliphatic heterocycles. The van der Waals surface area contributed by atoms with Gasteiger partial charge in [-0.05, 0) is 13.8 Å². The van der Waals surface area contributed by atoms with E-state index in [0.29, 0.717) is 11.4 Å². The number of hydrogen-bond donors (Lipinski definition) is 1. The molecule has 0 aromatic carbocycles. The molecular formula is C11H14N6O3. The van der Waals surface area contributed by atoms with Crippen molar-refractivity contribution in [3.05, 3.63) is 33.9 Å². The van der Waals surface area contributed by atoms with Gasteiger partial charge in [0.15, 0.2) is 0 Å². The summed E-state index contributed by atoms with van der Waals surface area (Å²) >= 11 is 0. The van der Waals surface area contributed by atoms with E-state index >= 15 is 0 Å². The maximum absolute atomic E-state index is 11.9. The van der Waals surface area contributed by atoms with Crippen molar-refractivity contribution in [1.29, 1.82) is 0 Å². The Bertz CT molecular complexity index is 672. The lowest BCUT2D eigenvalue weighted by molar-refractivity contribution is -0.385. The number of aryl methyl sites for hydroxylation is 3. The molecule has 1 N–H and O–H groups in total. The summed E-state index contributed by atoms with van der Waals surface area (Å²) in [4.78, 5) is 22.0. The zero-order chi connectivity index (χ0) is 14.9. The second kappa shape index (κ2) is 5.11. The molecule has 0 atom stereocenters. The summed E-state index contributed by atoms with van der Waals surface area (Å²) in [5.74, 6) is -0.321. The van der Waals surface area contributed by atoms with Crippen LogP contribution in [0, 0.1) is 24.0 Å². The second-order valence-corrected chi connectivity index (χ2v) is 4.40. The van der Waals surface area contributed by atoms with Crippen molar-refractivity contribution in [2.24, 2.45) is 7.05 Å². The Morgan fingerprint density at radius 2 is 2.05 bits per heavy atom. The predicted molar refractivity (Wildman–Crippen MR) is 70.2 cm³/mol. The molecule has 0 aliphatic carbocycles. The molecule has 1 amide bonds. The van der Waals surface area contributed by atoms with Crippen molar-refractivity contribution in [3.8, 4) is 0 Å². The largest absolute Gasteiger partial charge is 0.322 e. The van der Waals surface area contributed by atoms with Gasteiger partial charge >= 0.3 is 5.69 Å². The highest BCUT2D eigenvalue weighted by atomic mass is 16.6. The predicted octanol–water partition coefficient (Wildman–Crippen LogP) is 0.780. The first-order chi connectivity index (χ1) is 9.36. The van der Waals surface area contributed by atoms with E-state index in [2.05, 4.69) is 15.5 Å². The number of nitrogens with one attached hydrogen (secondary N) is 1. The van der Waals surface area contributed by atoms with E-state index in [1.165, 1.54) is 17.8 Å². The molecule has 9 nitrogen and oxygen atoms in total. The van der Waals surface area contributed by atoms with Gasteiger partial charge in [0.1, 0.15) is 18.4 Å². The lowest BCUT2D eigenvalue weighted by Crippen LogP contribution is -2.19. The number of amides is 1. The fraction of sp³-hybridized carbons (Fsp3) is 0.364. The van der Waals surface area contributed by atoms with E-state index in [4.69, 9.17) is 0 Å². The molecule has 0 saturated carbocycles. The van der Waals surface area contributed by atoms with Gasteiger partial charge in [-0.25, -0.2) is 0 Å². The van der Waals surface area contributed by atoms with Crippen LogP contribution in [0.2, 0.25) is 0 Å². The van der Waals surface area contributed by atoms with Gasteiger partial charge in [0, 0.05) is 13.2 Å². The van der Waals surface area contributed by atoms with Gasteiger partial charge in [-0.15, -0.1) is 0 Å². The highest BCUT2D eigenvalue weighted by Gasteiger charge is 2.17. The third-order valence-electron chi connectivity index (χ3n) is 2.71. The number of anilines is 1. The van der Waals surface area contributed by atoms with Crippen molar-refractivity contribution in [3.63, 3.8) is 0 Å². The molecule has 106 valence electrons. The van der Waals surface area contributed by atoms with Crippen LogP contribution >= 0.6 is 0 Å². The van der Waals surface area contributed by atoms with Gasteiger partial charge in [0.2, 0.25) is 5.91 Å². The summed E-state index contributed by atoms with van der Waals surface area (Å²) in [6, 6.07) is 0. The minimum atomic E-state index is -0.526. The monoisotopic (exact) mass is 278 g/mol. The molecular weight excluding hydrogens is 264 g/mol. The third kappa shape index (κ3) is 2.82. The van der Waals surface area contributed by atoms with Crippen molar-refractivity contribution in [2.75, 3.05) is 5.32 Å². The van der Waals surface area contributed by atoms with Crippen LogP contribution in [0.1, 0.15) is 11.4 Å². The summed E-state index contributed by atoms with van der Waals surface area (Å²) in [6.07, 6.45) is 2.93. The lowest BCUT2D eigenvalue weighted by atomic mass is 10.4. The maximum atomic E-state index is 11.9. The Morgan fingerprint density at radius 1 is 1.35 bits per heavy atom. The van der Waals surface area contributed by atoms with Crippen LogP contribution in [0.15, 0.2) is 12.4 Å². The Morgan fingerprint density at radius 3 is 2.55 bits per heavy atom. The van der Waals surface area contributed by atoms with Gasteiger partial charge in [0.25, 0.3) is 0 Å². The number of aromatic nitrogens is 4. The number of nitrogens with zero attached hydrogens (tertiary/aromatic N) is 5. The van der Waals surface area contributed by atoms with E-state index in [1.807, 2.05) is 0 Å². The second-order valence-electron chi connectivity index (χ2n) is 4.40. The van der Waals surface area contributed by atoms with Gasteiger partial charge in [-0.2, -0.15) is 10.2 Å². The van der Waals surface area contributed by atoms with Gasteiger partial charge < -0.3 is 5.32 Å². The number of carbonyl (C=O) groups excluding carboxylic acids is 1. The van der Waals surface area contributed by atoms with Gasteiger partial charge in [-0.1, -0.05) is 0 Å². The summed E-state index contributed by atoms with van der Waals surface area (Å²) in [5, 5.41) is 21.4. The van der Waals surface area contributed by atoms with Crippen LogP contribution in [0.3, 0.4) is 0 Å². The summed E-state index contributed by atoms with van der Waals surface area (Å²) < 4.78 is 2.84. The number of rotatable bonds is 4. The molecule has 0 fully saturated rings. The normalized spacial score (nSPS) is 10.6. The summed E-state index contributed by atoms with van der Waals surface area (Å²) in [6.45, 7) is 3.21. The molecule has 0 unspecified atom stereocenters. The molecule has 2 aromatic heterocycles. The average molecular weight is 278 g/mol. The topological polar surface area (TPSA) is 108 Å². The first-order valence-corrected chi connectivity index (χ1v) is 5.85. The van der Waals surface area contributed by atoms with E-state index in [9.17, 15) is 14.9 Å². The maximum Gasteiger partial charge on any atom is 0.309 e. The Balaban J connectivity index is 2.07. The van der Waals surface area contributed by atoms with Crippen LogP contribution in [-0.2, 0) is 18.4 Å².